The van der Waals surface area contributed by atoms with Gasteiger partial charge in [0.2, 0.25) is 5.91 Å². The first-order valence-electron chi connectivity index (χ1n) is 6.23. The summed E-state index contributed by atoms with van der Waals surface area (Å²) in [5.41, 5.74) is 2.70. The van der Waals surface area contributed by atoms with Crippen LogP contribution in [-0.4, -0.2) is 5.91 Å². The molecule has 0 bridgehead atoms. The van der Waals surface area contributed by atoms with E-state index in [9.17, 15) is 4.79 Å². The van der Waals surface area contributed by atoms with E-state index >= 15 is 0 Å². The molecular formula is C14H15NO. The average Bonchev–Trinajstić information content (AvgIpc) is 2.57. The molecule has 1 aliphatic heterocycles. The molecule has 0 aromatic heterocycles. The monoisotopic (exact) mass is 213 g/mol. The Morgan fingerprint density at radius 3 is 3.06 bits per heavy atom. The van der Waals surface area contributed by atoms with E-state index in [1.165, 1.54) is 24.8 Å². The Morgan fingerprint density at radius 1 is 1.31 bits per heavy atom. The highest BCUT2D eigenvalue weighted by molar-refractivity contribution is 5.98. The summed E-state index contributed by atoms with van der Waals surface area (Å²) in [6.45, 7) is 0. The predicted octanol–water partition coefficient (Wildman–Crippen LogP) is 2.70. The summed E-state index contributed by atoms with van der Waals surface area (Å²) in [5, 5.41) is 3.06. The Labute approximate surface area is 95.0 Å². The van der Waals surface area contributed by atoms with Crippen molar-refractivity contribution in [3.8, 4) is 0 Å². The molecule has 82 valence electrons. The molecule has 3 atom stereocenters. The van der Waals surface area contributed by atoms with Crippen molar-refractivity contribution in [1.82, 2.24) is 0 Å². The SMILES string of the molecule is O=C1Nc2ccccc2[C@]23CCC[C@H]2C[C@H]13. The maximum absolute atomic E-state index is 12.0. The van der Waals surface area contributed by atoms with Crippen molar-refractivity contribution in [3.05, 3.63) is 29.8 Å². The molecule has 0 radical (unpaired) electrons. The lowest BCUT2D eigenvalue weighted by molar-refractivity contribution is -0.130. The Balaban J connectivity index is 1.95. The van der Waals surface area contributed by atoms with Crippen molar-refractivity contribution in [1.29, 1.82) is 0 Å². The summed E-state index contributed by atoms with van der Waals surface area (Å²) >= 11 is 0. The van der Waals surface area contributed by atoms with E-state index in [1.54, 1.807) is 0 Å². The minimum atomic E-state index is 0.221. The highest BCUT2D eigenvalue weighted by atomic mass is 16.2. The van der Waals surface area contributed by atoms with Crippen LogP contribution in [0.4, 0.5) is 5.69 Å². The smallest absolute Gasteiger partial charge is 0.228 e. The van der Waals surface area contributed by atoms with Crippen molar-refractivity contribution in [3.63, 3.8) is 0 Å². The molecule has 4 rings (SSSR count). The van der Waals surface area contributed by atoms with Crippen molar-refractivity contribution < 1.29 is 4.79 Å². The van der Waals surface area contributed by atoms with Crippen molar-refractivity contribution in [2.24, 2.45) is 11.8 Å². The third-order valence-electron chi connectivity index (χ3n) is 5.02. The van der Waals surface area contributed by atoms with Crippen LogP contribution < -0.4 is 5.32 Å². The standard InChI is InChI=1S/C14H15NO/c16-13-11-8-9-4-3-7-14(9,11)10-5-1-2-6-12(10)15-13/h1-2,5-6,9,11H,3-4,7-8H2,(H,15,16)/t9-,11+,14-/m0/s1. The topological polar surface area (TPSA) is 29.1 Å². The lowest BCUT2D eigenvalue weighted by Gasteiger charge is -2.55. The van der Waals surface area contributed by atoms with E-state index in [1.807, 2.05) is 12.1 Å². The van der Waals surface area contributed by atoms with Crippen LogP contribution in [0.15, 0.2) is 24.3 Å². The van der Waals surface area contributed by atoms with Gasteiger partial charge in [0.05, 0.1) is 0 Å². The van der Waals surface area contributed by atoms with Crippen molar-refractivity contribution in [2.45, 2.75) is 31.1 Å². The van der Waals surface area contributed by atoms with Gasteiger partial charge in [0, 0.05) is 17.0 Å². The summed E-state index contributed by atoms with van der Waals surface area (Å²) < 4.78 is 0. The first-order valence-corrected chi connectivity index (χ1v) is 6.23. The van der Waals surface area contributed by atoms with Crippen LogP contribution in [0.25, 0.3) is 0 Å². The number of rotatable bonds is 0. The molecule has 3 aliphatic rings. The number of hydrogen-bond donors (Lipinski definition) is 1. The second-order valence-corrected chi connectivity index (χ2v) is 5.45. The molecule has 1 amide bonds. The number of nitrogens with one attached hydrogen (secondary N) is 1. The lowest BCUT2D eigenvalue weighted by Crippen LogP contribution is -2.57. The number of carbonyl (C=O) groups is 1. The van der Waals surface area contributed by atoms with Gasteiger partial charge < -0.3 is 5.32 Å². The minimum Gasteiger partial charge on any atom is -0.326 e. The van der Waals surface area contributed by atoms with Gasteiger partial charge in [-0.3, -0.25) is 4.79 Å². The summed E-state index contributed by atoms with van der Waals surface area (Å²) in [6.07, 6.45) is 4.94. The molecule has 1 heterocycles. The zero-order valence-corrected chi connectivity index (χ0v) is 9.20. The third kappa shape index (κ3) is 0.796. The average molecular weight is 213 g/mol. The van der Waals surface area contributed by atoms with Gasteiger partial charge in [-0.25, -0.2) is 0 Å². The fraction of sp³-hybridized carbons (Fsp3) is 0.500. The van der Waals surface area contributed by atoms with Crippen LogP contribution in [0.2, 0.25) is 0 Å². The number of anilines is 1. The van der Waals surface area contributed by atoms with Crippen LogP contribution in [0, 0.1) is 11.8 Å². The minimum absolute atomic E-state index is 0.221. The number of fused-ring (bicyclic) bond motifs is 1. The molecule has 1 aromatic carbocycles. The van der Waals surface area contributed by atoms with Gasteiger partial charge in [0.25, 0.3) is 0 Å². The molecule has 16 heavy (non-hydrogen) atoms. The van der Waals surface area contributed by atoms with Gasteiger partial charge in [0.1, 0.15) is 0 Å². The zero-order valence-electron chi connectivity index (χ0n) is 9.20. The van der Waals surface area contributed by atoms with E-state index in [-0.39, 0.29) is 17.2 Å². The molecule has 2 aliphatic carbocycles. The summed E-state index contributed by atoms with van der Waals surface area (Å²) in [7, 11) is 0. The van der Waals surface area contributed by atoms with Crippen LogP contribution in [0.3, 0.4) is 0 Å². The van der Waals surface area contributed by atoms with Gasteiger partial charge >= 0.3 is 0 Å². The first kappa shape index (κ1) is 8.80. The van der Waals surface area contributed by atoms with Crippen LogP contribution in [0.1, 0.15) is 31.2 Å². The summed E-state index contributed by atoms with van der Waals surface area (Å²) in [4.78, 5) is 12.0. The molecule has 2 heteroatoms. The van der Waals surface area contributed by atoms with Crippen molar-refractivity contribution in [2.75, 3.05) is 5.32 Å². The van der Waals surface area contributed by atoms with E-state index in [0.717, 1.165) is 18.0 Å². The van der Waals surface area contributed by atoms with Gasteiger partial charge in [-0.2, -0.15) is 0 Å². The Bertz CT molecular complexity index is 481. The predicted molar refractivity (Wildman–Crippen MR) is 62.2 cm³/mol. The molecule has 2 fully saturated rings. The Hall–Kier alpha value is -1.31. The molecule has 1 N–H and O–H groups in total. The molecule has 1 aromatic rings. The molecular weight excluding hydrogens is 198 g/mol. The number of benzene rings is 1. The normalized spacial score (nSPS) is 39.1. The number of amides is 1. The van der Waals surface area contributed by atoms with Gasteiger partial charge in [-0.05, 0) is 36.8 Å². The summed E-state index contributed by atoms with van der Waals surface area (Å²) in [5.74, 6) is 1.29. The first-order chi connectivity index (χ1) is 7.82. The van der Waals surface area contributed by atoms with Crippen molar-refractivity contribution >= 4 is 11.6 Å². The molecule has 0 unspecified atom stereocenters. The van der Waals surface area contributed by atoms with Crippen LogP contribution in [-0.2, 0) is 10.2 Å². The number of para-hydroxylation sites is 1. The summed E-state index contributed by atoms with van der Waals surface area (Å²) in [6, 6.07) is 8.39. The highest BCUT2D eigenvalue weighted by Gasteiger charge is 2.62. The lowest BCUT2D eigenvalue weighted by atomic mass is 9.50. The van der Waals surface area contributed by atoms with E-state index in [4.69, 9.17) is 0 Å². The largest absolute Gasteiger partial charge is 0.326 e. The third-order valence-corrected chi connectivity index (χ3v) is 5.02. The maximum atomic E-state index is 12.0. The van der Waals surface area contributed by atoms with E-state index in [0.29, 0.717) is 0 Å². The van der Waals surface area contributed by atoms with Crippen LogP contribution >= 0.6 is 0 Å². The Morgan fingerprint density at radius 2 is 2.19 bits per heavy atom. The quantitative estimate of drug-likeness (QED) is 0.705. The molecule has 2 nitrogen and oxygen atoms in total. The molecule has 1 spiro atoms. The molecule has 2 saturated carbocycles. The van der Waals surface area contributed by atoms with Gasteiger partial charge in [-0.15, -0.1) is 0 Å². The second-order valence-electron chi connectivity index (χ2n) is 5.45. The number of carbonyl (C=O) groups excluding carboxylic acids is 1. The Kier molecular flexibility index (Phi) is 1.47. The van der Waals surface area contributed by atoms with E-state index in [2.05, 4.69) is 17.4 Å². The zero-order chi connectivity index (χ0) is 10.8. The van der Waals surface area contributed by atoms with Crippen LogP contribution in [0.5, 0.6) is 0 Å². The van der Waals surface area contributed by atoms with Gasteiger partial charge in [0.15, 0.2) is 0 Å². The fourth-order valence-corrected chi connectivity index (χ4v) is 4.32. The fourth-order valence-electron chi connectivity index (χ4n) is 4.32. The maximum Gasteiger partial charge on any atom is 0.228 e. The molecule has 0 saturated heterocycles. The second kappa shape index (κ2) is 2.68. The highest BCUT2D eigenvalue weighted by Crippen LogP contribution is 2.65. The number of hydrogen-bond acceptors (Lipinski definition) is 1. The van der Waals surface area contributed by atoms with E-state index < -0.39 is 0 Å². The van der Waals surface area contributed by atoms with Gasteiger partial charge in [-0.1, -0.05) is 24.6 Å².